The number of hydrogen-bond acceptors (Lipinski definition) is 4. The highest BCUT2D eigenvalue weighted by molar-refractivity contribution is 7.99. The fraction of sp³-hybridized carbons (Fsp3) is 0.643. The van der Waals surface area contributed by atoms with Crippen molar-refractivity contribution in [3.63, 3.8) is 0 Å². The SMILES string of the molecule is Cc1cc(=O)n(C)c(SCCCC(=O)NCC(C)C)n1. The van der Waals surface area contributed by atoms with Crippen molar-refractivity contribution in [3.05, 3.63) is 22.1 Å². The van der Waals surface area contributed by atoms with E-state index in [2.05, 4.69) is 24.1 Å². The van der Waals surface area contributed by atoms with Gasteiger partial charge in [0.1, 0.15) is 0 Å². The molecule has 1 aromatic heterocycles. The van der Waals surface area contributed by atoms with Crippen LogP contribution < -0.4 is 10.9 Å². The lowest BCUT2D eigenvalue weighted by atomic mass is 10.2. The van der Waals surface area contributed by atoms with Crippen molar-refractivity contribution in [2.45, 2.75) is 38.8 Å². The molecule has 0 saturated carbocycles. The van der Waals surface area contributed by atoms with Crippen LogP contribution in [0.5, 0.6) is 0 Å². The molecular formula is C14H23N3O2S. The van der Waals surface area contributed by atoms with Gasteiger partial charge in [-0.1, -0.05) is 25.6 Å². The minimum atomic E-state index is -0.0466. The van der Waals surface area contributed by atoms with Crippen molar-refractivity contribution >= 4 is 17.7 Å². The van der Waals surface area contributed by atoms with E-state index in [9.17, 15) is 9.59 Å². The van der Waals surface area contributed by atoms with Gasteiger partial charge in [-0.3, -0.25) is 14.2 Å². The van der Waals surface area contributed by atoms with Crippen LogP contribution in [0.2, 0.25) is 0 Å². The van der Waals surface area contributed by atoms with Gasteiger partial charge in [-0.2, -0.15) is 0 Å². The first-order valence-corrected chi connectivity index (χ1v) is 7.83. The van der Waals surface area contributed by atoms with Crippen molar-refractivity contribution in [3.8, 4) is 0 Å². The minimum absolute atomic E-state index is 0.0466. The van der Waals surface area contributed by atoms with E-state index in [1.807, 2.05) is 6.92 Å². The van der Waals surface area contributed by atoms with Crippen LogP contribution in [-0.4, -0.2) is 27.8 Å². The molecule has 1 rings (SSSR count). The molecule has 0 atom stereocenters. The van der Waals surface area contributed by atoms with Gasteiger partial charge in [0.2, 0.25) is 5.91 Å². The van der Waals surface area contributed by atoms with Gasteiger partial charge in [0.25, 0.3) is 5.56 Å². The van der Waals surface area contributed by atoms with E-state index < -0.39 is 0 Å². The van der Waals surface area contributed by atoms with Gasteiger partial charge in [0, 0.05) is 37.5 Å². The molecule has 0 aliphatic heterocycles. The summed E-state index contributed by atoms with van der Waals surface area (Å²) in [6.45, 7) is 6.67. The topological polar surface area (TPSA) is 64.0 Å². The van der Waals surface area contributed by atoms with E-state index >= 15 is 0 Å². The first-order valence-electron chi connectivity index (χ1n) is 6.84. The number of aryl methyl sites for hydroxylation is 1. The van der Waals surface area contributed by atoms with E-state index in [4.69, 9.17) is 0 Å². The monoisotopic (exact) mass is 297 g/mol. The molecule has 20 heavy (non-hydrogen) atoms. The molecule has 0 bridgehead atoms. The summed E-state index contributed by atoms with van der Waals surface area (Å²) in [5.74, 6) is 1.34. The quantitative estimate of drug-likeness (QED) is 0.473. The Morgan fingerprint density at radius 1 is 1.50 bits per heavy atom. The third kappa shape index (κ3) is 5.77. The Balaban J connectivity index is 2.35. The van der Waals surface area contributed by atoms with Crippen LogP contribution in [0.4, 0.5) is 0 Å². The maximum atomic E-state index is 11.6. The lowest BCUT2D eigenvalue weighted by molar-refractivity contribution is -0.121. The van der Waals surface area contributed by atoms with Gasteiger partial charge < -0.3 is 5.32 Å². The number of hydrogen-bond donors (Lipinski definition) is 1. The Hall–Kier alpha value is -1.30. The number of rotatable bonds is 7. The maximum absolute atomic E-state index is 11.6. The molecule has 0 spiro atoms. The summed E-state index contributed by atoms with van der Waals surface area (Å²) in [6.07, 6.45) is 1.29. The molecule has 0 radical (unpaired) electrons. The van der Waals surface area contributed by atoms with E-state index in [1.54, 1.807) is 7.05 Å². The van der Waals surface area contributed by atoms with Crippen molar-refractivity contribution in [1.82, 2.24) is 14.9 Å². The number of nitrogens with one attached hydrogen (secondary N) is 1. The van der Waals surface area contributed by atoms with Crippen molar-refractivity contribution in [1.29, 1.82) is 0 Å². The summed E-state index contributed by atoms with van der Waals surface area (Å²) >= 11 is 1.51. The molecule has 0 saturated heterocycles. The molecule has 6 heteroatoms. The zero-order valence-corrected chi connectivity index (χ0v) is 13.4. The van der Waals surface area contributed by atoms with Crippen LogP contribution in [-0.2, 0) is 11.8 Å². The predicted molar refractivity (Wildman–Crippen MR) is 82.0 cm³/mol. The number of aromatic nitrogens is 2. The van der Waals surface area contributed by atoms with Crippen LogP contribution in [0.15, 0.2) is 16.0 Å². The second kappa shape index (κ2) is 8.09. The lowest BCUT2D eigenvalue weighted by Crippen LogP contribution is -2.27. The predicted octanol–water partition coefficient (Wildman–Crippen LogP) is 1.73. The number of thioether (sulfide) groups is 1. The fourth-order valence-electron chi connectivity index (χ4n) is 1.56. The highest BCUT2D eigenvalue weighted by Crippen LogP contribution is 2.15. The molecule has 0 fully saturated rings. The summed E-state index contributed by atoms with van der Waals surface area (Å²) in [5.41, 5.74) is 0.681. The smallest absolute Gasteiger partial charge is 0.254 e. The normalized spacial score (nSPS) is 10.8. The third-order valence-electron chi connectivity index (χ3n) is 2.71. The summed E-state index contributed by atoms with van der Waals surface area (Å²) in [5, 5.41) is 3.60. The summed E-state index contributed by atoms with van der Waals surface area (Å²) in [7, 11) is 1.71. The molecule has 1 N–H and O–H groups in total. The molecule has 1 aromatic rings. The van der Waals surface area contributed by atoms with Crippen LogP contribution in [0.3, 0.4) is 0 Å². The average molecular weight is 297 g/mol. The van der Waals surface area contributed by atoms with Crippen molar-refractivity contribution in [2.75, 3.05) is 12.3 Å². The Morgan fingerprint density at radius 2 is 2.20 bits per heavy atom. The number of carbonyl (C=O) groups is 1. The lowest BCUT2D eigenvalue weighted by Gasteiger charge is -2.08. The van der Waals surface area contributed by atoms with Gasteiger partial charge in [0.05, 0.1) is 0 Å². The minimum Gasteiger partial charge on any atom is -0.356 e. The Labute approximate surface area is 124 Å². The fourth-order valence-corrected chi connectivity index (χ4v) is 2.52. The largest absolute Gasteiger partial charge is 0.356 e. The van der Waals surface area contributed by atoms with Gasteiger partial charge in [0.15, 0.2) is 5.16 Å². The molecule has 0 aliphatic rings. The third-order valence-corrected chi connectivity index (χ3v) is 3.82. The van der Waals surface area contributed by atoms with Crippen LogP contribution in [0.1, 0.15) is 32.4 Å². The number of nitrogens with zero attached hydrogens (tertiary/aromatic N) is 2. The highest BCUT2D eigenvalue weighted by atomic mass is 32.2. The maximum Gasteiger partial charge on any atom is 0.254 e. The Bertz CT molecular complexity index is 512. The van der Waals surface area contributed by atoms with E-state index in [0.717, 1.165) is 24.4 Å². The van der Waals surface area contributed by atoms with Gasteiger partial charge >= 0.3 is 0 Å². The molecule has 0 aliphatic carbocycles. The van der Waals surface area contributed by atoms with Gasteiger partial charge in [-0.15, -0.1) is 0 Å². The van der Waals surface area contributed by atoms with Crippen molar-refractivity contribution < 1.29 is 4.79 Å². The van der Waals surface area contributed by atoms with E-state index in [-0.39, 0.29) is 11.5 Å². The summed E-state index contributed by atoms with van der Waals surface area (Å²) in [6, 6.07) is 1.52. The summed E-state index contributed by atoms with van der Waals surface area (Å²) in [4.78, 5) is 27.5. The van der Waals surface area contributed by atoms with Crippen LogP contribution in [0, 0.1) is 12.8 Å². The average Bonchev–Trinajstić information content (AvgIpc) is 2.37. The first-order chi connectivity index (χ1) is 9.40. The molecule has 1 heterocycles. The molecule has 5 nitrogen and oxygen atoms in total. The zero-order chi connectivity index (χ0) is 15.1. The van der Waals surface area contributed by atoms with Crippen molar-refractivity contribution in [2.24, 2.45) is 13.0 Å². The Morgan fingerprint density at radius 3 is 2.85 bits per heavy atom. The second-order valence-corrected chi connectivity index (χ2v) is 6.29. The number of carbonyl (C=O) groups excluding carboxylic acids is 1. The Kier molecular flexibility index (Phi) is 6.78. The second-order valence-electron chi connectivity index (χ2n) is 5.23. The first kappa shape index (κ1) is 16.8. The van der Waals surface area contributed by atoms with E-state index in [0.29, 0.717) is 17.5 Å². The molecule has 0 aromatic carbocycles. The van der Waals surface area contributed by atoms with Gasteiger partial charge in [-0.25, -0.2) is 4.98 Å². The molecular weight excluding hydrogens is 274 g/mol. The summed E-state index contributed by atoms with van der Waals surface area (Å²) < 4.78 is 1.54. The zero-order valence-electron chi connectivity index (χ0n) is 12.6. The standard InChI is InChI=1S/C14H23N3O2S/c1-10(2)9-15-12(18)6-5-7-20-14-16-11(3)8-13(19)17(14)4/h8,10H,5-7,9H2,1-4H3,(H,15,18). The molecule has 0 unspecified atom stereocenters. The highest BCUT2D eigenvalue weighted by Gasteiger charge is 2.06. The van der Waals surface area contributed by atoms with Crippen LogP contribution >= 0.6 is 11.8 Å². The number of amides is 1. The van der Waals surface area contributed by atoms with Gasteiger partial charge in [-0.05, 0) is 19.3 Å². The molecule has 112 valence electrons. The van der Waals surface area contributed by atoms with Crippen LogP contribution in [0.25, 0.3) is 0 Å². The molecule has 1 amide bonds. The van der Waals surface area contributed by atoms with E-state index in [1.165, 1.54) is 22.4 Å².